The molecule has 1 heterocycles. The van der Waals surface area contributed by atoms with Crippen molar-refractivity contribution >= 4 is 17.8 Å². The lowest BCUT2D eigenvalue weighted by molar-refractivity contribution is -0.138. The quantitative estimate of drug-likeness (QED) is 0.835. The summed E-state index contributed by atoms with van der Waals surface area (Å²) in [5, 5.41) is 2.49. The number of benzene rings is 1. The number of nitrogens with zero attached hydrogens (tertiary/aromatic N) is 2. The Morgan fingerprint density at radius 2 is 1.87 bits per heavy atom. The third kappa shape index (κ3) is 2.91. The molecule has 4 amide bonds. The number of hydrogen-bond donors (Lipinski definition) is 1. The normalized spacial score (nSPS) is 20.6. The molecule has 1 aliphatic rings. The lowest BCUT2D eigenvalue weighted by Gasteiger charge is -2.24. The standard InChI is InChI=1S/C16H20FN3O3/c1-4-19(5-2)13(21)10-20-14(22)16(3,18-15(20)23)11-8-6-7-9-12(11)17/h6-9H,4-5,10H2,1-3H3,(H,18,23)/t16-/m0/s1. The summed E-state index contributed by atoms with van der Waals surface area (Å²) in [5.41, 5.74) is -1.43. The smallest absolute Gasteiger partial charge is 0.325 e. The topological polar surface area (TPSA) is 69.7 Å². The number of rotatable bonds is 5. The third-order valence-corrected chi connectivity index (χ3v) is 4.10. The first kappa shape index (κ1) is 16.9. The first-order valence-corrected chi connectivity index (χ1v) is 7.52. The second-order valence-corrected chi connectivity index (χ2v) is 5.49. The summed E-state index contributed by atoms with van der Waals surface area (Å²) in [5.74, 6) is -1.54. The van der Waals surface area contributed by atoms with Crippen LogP contribution in [0.5, 0.6) is 0 Å². The second-order valence-electron chi connectivity index (χ2n) is 5.49. The van der Waals surface area contributed by atoms with Gasteiger partial charge >= 0.3 is 6.03 Å². The summed E-state index contributed by atoms with van der Waals surface area (Å²) in [7, 11) is 0. The Kier molecular flexibility index (Phi) is 4.68. The van der Waals surface area contributed by atoms with Crippen molar-refractivity contribution in [3.63, 3.8) is 0 Å². The number of carbonyl (C=O) groups excluding carboxylic acids is 3. The number of urea groups is 1. The fourth-order valence-corrected chi connectivity index (χ4v) is 2.70. The van der Waals surface area contributed by atoms with Crippen LogP contribution in [0.15, 0.2) is 24.3 Å². The SMILES string of the molecule is CCN(CC)C(=O)CN1C(=O)N[C@@](C)(c2ccccc2F)C1=O. The van der Waals surface area contributed by atoms with Crippen molar-refractivity contribution in [1.82, 2.24) is 15.1 Å². The van der Waals surface area contributed by atoms with Gasteiger partial charge in [-0.1, -0.05) is 18.2 Å². The predicted octanol–water partition coefficient (Wildman–Crippen LogP) is 1.46. The fourth-order valence-electron chi connectivity index (χ4n) is 2.70. The Morgan fingerprint density at radius 3 is 2.43 bits per heavy atom. The molecule has 124 valence electrons. The Bertz CT molecular complexity index is 645. The van der Waals surface area contributed by atoms with Gasteiger partial charge in [0.15, 0.2) is 0 Å². The van der Waals surface area contributed by atoms with Gasteiger partial charge in [-0.15, -0.1) is 0 Å². The molecule has 1 aromatic rings. The van der Waals surface area contributed by atoms with Crippen LogP contribution in [-0.4, -0.2) is 47.3 Å². The highest BCUT2D eigenvalue weighted by Crippen LogP contribution is 2.30. The van der Waals surface area contributed by atoms with Crippen LogP contribution < -0.4 is 5.32 Å². The lowest BCUT2D eigenvalue weighted by Crippen LogP contribution is -2.44. The summed E-state index contributed by atoms with van der Waals surface area (Å²) in [6, 6.07) is 5.08. The van der Waals surface area contributed by atoms with Gasteiger partial charge < -0.3 is 10.2 Å². The van der Waals surface area contributed by atoms with Crippen LogP contribution in [0.1, 0.15) is 26.3 Å². The molecule has 1 saturated heterocycles. The molecule has 1 aromatic carbocycles. The van der Waals surface area contributed by atoms with Crippen LogP contribution in [0.25, 0.3) is 0 Å². The van der Waals surface area contributed by atoms with Gasteiger partial charge in [-0.2, -0.15) is 0 Å². The van der Waals surface area contributed by atoms with E-state index in [2.05, 4.69) is 5.32 Å². The molecule has 0 aromatic heterocycles. The Balaban J connectivity index is 2.27. The molecule has 0 bridgehead atoms. The average molecular weight is 321 g/mol. The van der Waals surface area contributed by atoms with Crippen LogP contribution in [0.3, 0.4) is 0 Å². The van der Waals surface area contributed by atoms with Crippen LogP contribution >= 0.6 is 0 Å². The van der Waals surface area contributed by atoms with Crippen molar-refractivity contribution < 1.29 is 18.8 Å². The van der Waals surface area contributed by atoms with Gasteiger partial charge in [0, 0.05) is 18.7 Å². The number of likely N-dealkylation sites (N-methyl/N-ethyl adjacent to an activating group) is 1. The Morgan fingerprint density at radius 1 is 1.26 bits per heavy atom. The molecule has 1 aliphatic heterocycles. The molecule has 6 nitrogen and oxygen atoms in total. The Labute approximate surface area is 134 Å². The zero-order valence-corrected chi connectivity index (χ0v) is 13.4. The van der Waals surface area contributed by atoms with E-state index in [1.54, 1.807) is 6.07 Å². The molecule has 1 atom stereocenters. The van der Waals surface area contributed by atoms with Crippen LogP contribution in [0, 0.1) is 5.82 Å². The van der Waals surface area contributed by atoms with Gasteiger partial charge in [0.25, 0.3) is 5.91 Å². The number of imide groups is 1. The lowest BCUT2D eigenvalue weighted by atomic mass is 9.91. The van der Waals surface area contributed by atoms with E-state index in [1.807, 2.05) is 13.8 Å². The van der Waals surface area contributed by atoms with E-state index in [4.69, 9.17) is 0 Å². The molecule has 23 heavy (non-hydrogen) atoms. The molecule has 1 N–H and O–H groups in total. The highest BCUT2D eigenvalue weighted by molar-refractivity contribution is 6.09. The molecule has 0 aliphatic carbocycles. The summed E-state index contributed by atoms with van der Waals surface area (Å²) < 4.78 is 14.0. The summed E-state index contributed by atoms with van der Waals surface area (Å²) >= 11 is 0. The molecule has 0 spiro atoms. The maximum Gasteiger partial charge on any atom is 0.325 e. The number of nitrogens with one attached hydrogen (secondary N) is 1. The number of carbonyl (C=O) groups is 3. The molecule has 2 rings (SSSR count). The van der Waals surface area contributed by atoms with E-state index in [0.717, 1.165) is 4.90 Å². The third-order valence-electron chi connectivity index (χ3n) is 4.10. The van der Waals surface area contributed by atoms with Crippen molar-refractivity contribution in [1.29, 1.82) is 0 Å². The second kappa shape index (κ2) is 6.36. The average Bonchev–Trinajstić information content (AvgIpc) is 2.73. The minimum Gasteiger partial charge on any atom is -0.342 e. The van der Waals surface area contributed by atoms with Gasteiger partial charge in [-0.05, 0) is 26.8 Å². The summed E-state index contributed by atoms with van der Waals surface area (Å²) in [6.45, 7) is 5.70. The monoisotopic (exact) mass is 321 g/mol. The van der Waals surface area contributed by atoms with Gasteiger partial charge in [-0.3, -0.25) is 14.5 Å². The fraction of sp³-hybridized carbons (Fsp3) is 0.438. The predicted molar refractivity (Wildman–Crippen MR) is 81.9 cm³/mol. The minimum absolute atomic E-state index is 0.0798. The van der Waals surface area contributed by atoms with Crippen molar-refractivity contribution in [2.75, 3.05) is 19.6 Å². The van der Waals surface area contributed by atoms with Crippen molar-refractivity contribution in [3.8, 4) is 0 Å². The van der Waals surface area contributed by atoms with Gasteiger partial charge in [0.05, 0.1) is 0 Å². The number of halogens is 1. The molecular formula is C16H20FN3O3. The highest BCUT2D eigenvalue weighted by atomic mass is 19.1. The Hall–Kier alpha value is -2.44. The van der Waals surface area contributed by atoms with E-state index in [1.165, 1.54) is 30.0 Å². The minimum atomic E-state index is -1.51. The van der Waals surface area contributed by atoms with Crippen LogP contribution in [-0.2, 0) is 15.1 Å². The first-order chi connectivity index (χ1) is 10.8. The van der Waals surface area contributed by atoms with Gasteiger partial charge in [-0.25, -0.2) is 9.18 Å². The maximum absolute atomic E-state index is 14.0. The van der Waals surface area contributed by atoms with Gasteiger partial charge in [0.1, 0.15) is 17.9 Å². The summed E-state index contributed by atoms with van der Waals surface area (Å²) in [6.07, 6.45) is 0. The highest BCUT2D eigenvalue weighted by Gasteiger charge is 2.50. The van der Waals surface area contributed by atoms with E-state index < -0.39 is 23.3 Å². The zero-order valence-electron chi connectivity index (χ0n) is 13.4. The molecule has 0 saturated carbocycles. The molecule has 0 radical (unpaired) electrons. The van der Waals surface area contributed by atoms with E-state index in [9.17, 15) is 18.8 Å². The van der Waals surface area contributed by atoms with Crippen LogP contribution in [0.4, 0.5) is 9.18 Å². The van der Waals surface area contributed by atoms with Gasteiger partial charge in [0.2, 0.25) is 5.91 Å². The largest absolute Gasteiger partial charge is 0.342 e. The molecular weight excluding hydrogens is 301 g/mol. The molecule has 7 heteroatoms. The van der Waals surface area contributed by atoms with Crippen molar-refractivity contribution in [2.45, 2.75) is 26.3 Å². The number of hydrogen-bond acceptors (Lipinski definition) is 3. The summed E-state index contributed by atoms with van der Waals surface area (Å²) in [4.78, 5) is 39.3. The van der Waals surface area contributed by atoms with E-state index >= 15 is 0 Å². The zero-order chi connectivity index (χ0) is 17.2. The number of amides is 4. The van der Waals surface area contributed by atoms with E-state index in [-0.39, 0.29) is 18.0 Å². The van der Waals surface area contributed by atoms with Crippen molar-refractivity contribution in [3.05, 3.63) is 35.6 Å². The first-order valence-electron chi connectivity index (χ1n) is 7.52. The molecule has 1 fully saturated rings. The van der Waals surface area contributed by atoms with Crippen LogP contribution in [0.2, 0.25) is 0 Å². The van der Waals surface area contributed by atoms with Crippen molar-refractivity contribution in [2.24, 2.45) is 0 Å². The maximum atomic E-state index is 14.0. The van der Waals surface area contributed by atoms with E-state index in [0.29, 0.717) is 13.1 Å². The molecule has 0 unspecified atom stereocenters.